The summed E-state index contributed by atoms with van der Waals surface area (Å²) in [5.74, 6) is -0.213. The molecule has 23 heavy (non-hydrogen) atoms. The van der Waals surface area contributed by atoms with Crippen molar-refractivity contribution in [2.45, 2.75) is 6.30 Å². The van der Waals surface area contributed by atoms with Crippen LogP contribution in [0.2, 0.25) is 5.02 Å². The van der Waals surface area contributed by atoms with E-state index in [1.807, 2.05) is 19.0 Å². The largest absolute Gasteiger partial charge is 1.00 e. The van der Waals surface area contributed by atoms with E-state index in [1.54, 1.807) is 12.1 Å². The predicted molar refractivity (Wildman–Crippen MR) is 80.4 cm³/mol. The Balaban J connectivity index is 0.00000264. The van der Waals surface area contributed by atoms with Crippen LogP contribution >= 0.6 is 11.6 Å². The van der Waals surface area contributed by atoms with E-state index in [1.165, 1.54) is 41.2 Å². The van der Waals surface area contributed by atoms with Gasteiger partial charge in [0.2, 0.25) is 0 Å². The normalized spacial score (nSPS) is 11.8. The SMILES string of the molecule is CN(C)c1cc[n+](/C(=N/C(F)(F)F)c2ccc(Cl)cc2)cc1.[Cl-]. The average Bonchev–Trinajstić information content (AvgIpc) is 2.45. The van der Waals surface area contributed by atoms with Crippen molar-refractivity contribution in [3.63, 3.8) is 0 Å². The second-order valence-electron chi connectivity index (χ2n) is 4.77. The van der Waals surface area contributed by atoms with Crippen molar-refractivity contribution >= 4 is 23.1 Å². The van der Waals surface area contributed by atoms with Gasteiger partial charge in [-0.15, -0.1) is 13.2 Å². The Bertz CT molecular complexity index is 666. The first-order valence-electron chi connectivity index (χ1n) is 6.38. The van der Waals surface area contributed by atoms with Gasteiger partial charge in [-0.25, -0.2) is 4.57 Å². The van der Waals surface area contributed by atoms with Gasteiger partial charge in [-0.3, -0.25) is 0 Å². The van der Waals surface area contributed by atoms with E-state index in [4.69, 9.17) is 11.6 Å². The van der Waals surface area contributed by atoms with E-state index in [9.17, 15) is 13.2 Å². The number of alkyl halides is 3. The number of rotatable bonds is 2. The Labute approximate surface area is 143 Å². The molecule has 0 N–H and O–H groups in total. The first-order chi connectivity index (χ1) is 10.3. The van der Waals surface area contributed by atoms with Crippen LogP contribution in [0.5, 0.6) is 0 Å². The number of hydrogen-bond acceptors (Lipinski definition) is 2. The Morgan fingerprint density at radius 3 is 2.00 bits per heavy atom. The average molecular weight is 364 g/mol. The van der Waals surface area contributed by atoms with Crippen LogP contribution in [0, 0.1) is 0 Å². The molecule has 0 aliphatic carbocycles. The van der Waals surface area contributed by atoms with E-state index < -0.39 is 6.30 Å². The third-order valence-electron chi connectivity index (χ3n) is 2.91. The Morgan fingerprint density at radius 1 is 1.04 bits per heavy atom. The zero-order chi connectivity index (χ0) is 16.3. The number of aliphatic imine (C=N–C) groups is 1. The molecule has 1 heterocycles. The van der Waals surface area contributed by atoms with Gasteiger partial charge in [-0.05, 0) is 24.3 Å². The molecule has 2 aromatic rings. The van der Waals surface area contributed by atoms with Gasteiger partial charge < -0.3 is 17.3 Å². The van der Waals surface area contributed by atoms with Gasteiger partial charge in [0, 0.05) is 41.9 Å². The summed E-state index contributed by atoms with van der Waals surface area (Å²) in [5.41, 5.74) is 1.20. The number of halogens is 5. The highest BCUT2D eigenvalue weighted by Gasteiger charge is 2.38. The van der Waals surface area contributed by atoms with Crippen molar-refractivity contribution in [2.24, 2.45) is 4.99 Å². The van der Waals surface area contributed by atoms with Crippen molar-refractivity contribution in [3.8, 4) is 0 Å². The summed E-state index contributed by atoms with van der Waals surface area (Å²) in [7, 11) is 3.70. The van der Waals surface area contributed by atoms with E-state index in [-0.39, 0.29) is 18.2 Å². The van der Waals surface area contributed by atoms with Gasteiger partial charge in [0.1, 0.15) is 0 Å². The summed E-state index contributed by atoms with van der Waals surface area (Å²) in [6.07, 6.45) is -1.59. The highest BCUT2D eigenvalue weighted by molar-refractivity contribution is 6.30. The number of anilines is 1. The number of aromatic nitrogens is 1. The molecule has 0 aliphatic rings. The standard InChI is InChI=1S/C15H14ClF3N3.ClH/c1-21(2)13-7-9-22(10-8-13)14(20-15(17,18)19)11-3-5-12(16)6-4-11;/h3-10H,1-2H3;1H/q+1;/p-1/b20-14+;. The zero-order valence-corrected chi connectivity index (χ0v) is 13.9. The molecule has 0 bridgehead atoms. The van der Waals surface area contributed by atoms with Crippen LogP contribution in [0.1, 0.15) is 5.56 Å². The predicted octanol–water partition coefficient (Wildman–Crippen LogP) is 0.512. The monoisotopic (exact) mass is 363 g/mol. The quantitative estimate of drug-likeness (QED) is 0.329. The van der Waals surface area contributed by atoms with Crippen LogP contribution in [-0.2, 0) is 0 Å². The first kappa shape index (κ1) is 19.3. The molecule has 124 valence electrons. The Kier molecular flexibility index (Phi) is 6.41. The van der Waals surface area contributed by atoms with Gasteiger partial charge in [-0.2, -0.15) is 0 Å². The minimum atomic E-state index is -4.66. The molecule has 0 atom stereocenters. The minimum Gasteiger partial charge on any atom is -1.00 e. The lowest BCUT2D eigenvalue weighted by molar-refractivity contribution is -0.555. The van der Waals surface area contributed by atoms with Crippen LogP contribution in [-0.4, -0.2) is 26.2 Å². The van der Waals surface area contributed by atoms with Crippen LogP contribution in [0.3, 0.4) is 0 Å². The molecule has 0 saturated heterocycles. The Hall–Kier alpha value is -1.79. The lowest BCUT2D eigenvalue weighted by atomic mass is 10.2. The lowest BCUT2D eigenvalue weighted by Crippen LogP contribution is -3.00. The van der Waals surface area contributed by atoms with Gasteiger partial charge in [0.05, 0.1) is 18.0 Å². The summed E-state index contributed by atoms with van der Waals surface area (Å²) < 4.78 is 39.5. The van der Waals surface area contributed by atoms with Crippen LogP contribution < -0.4 is 21.9 Å². The fraction of sp³-hybridized carbons (Fsp3) is 0.200. The van der Waals surface area contributed by atoms with Crippen molar-refractivity contribution < 1.29 is 30.1 Å². The molecule has 1 aromatic heterocycles. The molecular formula is C15H14Cl2F3N3. The lowest BCUT2D eigenvalue weighted by Gasteiger charge is -2.11. The summed E-state index contributed by atoms with van der Waals surface area (Å²) in [4.78, 5) is 4.73. The van der Waals surface area contributed by atoms with Crippen LogP contribution in [0.25, 0.3) is 0 Å². The molecular weight excluding hydrogens is 350 g/mol. The van der Waals surface area contributed by atoms with E-state index >= 15 is 0 Å². The number of benzene rings is 1. The molecule has 0 fully saturated rings. The highest BCUT2D eigenvalue weighted by Crippen LogP contribution is 2.18. The Morgan fingerprint density at radius 2 is 1.57 bits per heavy atom. The minimum absolute atomic E-state index is 0. The molecule has 8 heteroatoms. The summed E-state index contributed by atoms with van der Waals surface area (Å²) >= 11 is 5.78. The van der Waals surface area contributed by atoms with E-state index in [0.29, 0.717) is 10.6 Å². The third-order valence-corrected chi connectivity index (χ3v) is 3.16. The second-order valence-corrected chi connectivity index (χ2v) is 5.20. The van der Waals surface area contributed by atoms with Gasteiger partial charge in [0.25, 0.3) is 0 Å². The topological polar surface area (TPSA) is 19.5 Å². The number of hydrogen-bond donors (Lipinski definition) is 0. The summed E-state index contributed by atoms with van der Waals surface area (Å²) in [5, 5.41) is 0.447. The first-order valence-corrected chi connectivity index (χ1v) is 6.75. The van der Waals surface area contributed by atoms with Gasteiger partial charge in [0.15, 0.2) is 0 Å². The maximum atomic E-state index is 12.7. The van der Waals surface area contributed by atoms with Gasteiger partial charge >= 0.3 is 12.1 Å². The highest BCUT2D eigenvalue weighted by atomic mass is 35.5. The van der Waals surface area contributed by atoms with Crippen LogP contribution in [0.4, 0.5) is 18.9 Å². The zero-order valence-electron chi connectivity index (χ0n) is 12.4. The summed E-state index contributed by atoms with van der Waals surface area (Å²) in [6, 6.07) is 9.47. The van der Waals surface area contributed by atoms with Crippen molar-refractivity contribution in [1.29, 1.82) is 0 Å². The van der Waals surface area contributed by atoms with Crippen molar-refractivity contribution in [3.05, 3.63) is 59.4 Å². The maximum Gasteiger partial charge on any atom is 0.603 e. The smallest absolute Gasteiger partial charge is 0.603 e. The molecule has 1 aromatic carbocycles. The third kappa shape index (κ3) is 5.41. The molecule has 0 amide bonds. The molecule has 0 radical (unpaired) electrons. The van der Waals surface area contributed by atoms with Crippen molar-refractivity contribution in [2.75, 3.05) is 19.0 Å². The number of nitrogens with zero attached hydrogens (tertiary/aromatic N) is 3. The molecule has 0 unspecified atom stereocenters. The summed E-state index contributed by atoms with van der Waals surface area (Å²) in [6.45, 7) is 0. The molecule has 0 aliphatic heterocycles. The molecule has 2 rings (SSSR count). The molecule has 0 spiro atoms. The van der Waals surface area contributed by atoms with Crippen molar-refractivity contribution in [1.82, 2.24) is 0 Å². The molecule has 0 saturated carbocycles. The van der Waals surface area contributed by atoms with E-state index in [2.05, 4.69) is 4.99 Å². The molecule has 3 nitrogen and oxygen atoms in total. The van der Waals surface area contributed by atoms with Gasteiger partial charge in [-0.1, -0.05) is 11.6 Å². The second kappa shape index (κ2) is 7.66. The van der Waals surface area contributed by atoms with Crippen LogP contribution in [0.15, 0.2) is 53.8 Å². The fourth-order valence-electron chi connectivity index (χ4n) is 1.85. The maximum absolute atomic E-state index is 12.7. The fourth-order valence-corrected chi connectivity index (χ4v) is 1.97. The number of pyridine rings is 1. The van der Waals surface area contributed by atoms with E-state index in [0.717, 1.165) is 5.69 Å².